The maximum atomic E-state index is 5.75. The zero-order chi connectivity index (χ0) is 10.2. The predicted octanol–water partition coefficient (Wildman–Crippen LogP) is 2.92. The molecule has 0 spiro atoms. The van der Waals surface area contributed by atoms with Gasteiger partial charge in [0.1, 0.15) is 13.8 Å². The molecule has 76 valence electrons. The second-order valence-corrected chi connectivity index (χ2v) is 6.16. The molecule has 0 radical (unpaired) electrons. The van der Waals surface area contributed by atoms with Crippen molar-refractivity contribution in [3.8, 4) is 5.75 Å². The van der Waals surface area contributed by atoms with Gasteiger partial charge in [-0.3, -0.25) is 0 Å². The van der Waals surface area contributed by atoms with Crippen LogP contribution in [0.5, 0.6) is 5.75 Å². The summed E-state index contributed by atoms with van der Waals surface area (Å²) in [5, 5.41) is 0. The van der Waals surface area contributed by atoms with Gasteiger partial charge in [-0.2, -0.15) is 0 Å². The van der Waals surface area contributed by atoms with E-state index < -0.39 is 0 Å². The van der Waals surface area contributed by atoms with Crippen molar-refractivity contribution >= 4 is 19.4 Å². The highest BCUT2D eigenvalue weighted by Crippen LogP contribution is 2.51. The summed E-state index contributed by atoms with van der Waals surface area (Å²) in [4.78, 5) is 1.25. The SMILES string of the molecule is CC(C)(CN)c1ccc2c(c1)SPO2. The van der Waals surface area contributed by atoms with E-state index in [-0.39, 0.29) is 5.41 Å². The first-order valence-electron chi connectivity index (χ1n) is 4.57. The number of nitrogens with two attached hydrogens (primary N) is 1. The van der Waals surface area contributed by atoms with Gasteiger partial charge in [-0.05, 0) is 17.7 Å². The van der Waals surface area contributed by atoms with Gasteiger partial charge in [-0.15, -0.1) is 0 Å². The molecule has 2 rings (SSSR count). The first-order chi connectivity index (χ1) is 6.63. The molecule has 1 aliphatic heterocycles. The van der Waals surface area contributed by atoms with Crippen molar-refractivity contribution in [3.63, 3.8) is 0 Å². The first kappa shape index (κ1) is 10.3. The van der Waals surface area contributed by atoms with Crippen LogP contribution in [0.15, 0.2) is 23.1 Å². The minimum absolute atomic E-state index is 0.0568. The van der Waals surface area contributed by atoms with Gasteiger partial charge in [-0.25, -0.2) is 0 Å². The molecule has 2 nitrogen and oxygen atoms in total. The van der Waals surface area contributed by atoms with Crippen molar-refractivity contribution in [1.82, 2.24) is 0 Å². The molecule has 1 atom stereocenters. The Hall–Kier alpha value is -0.240. The van der Waals surface area contributed by atoms with Crippen LogP contribution >= 0.6 is 19.4 Å². The van der Waals surface area contributed by atoms with E-state index >= 15 is 0 Å². The second-order valence-electron chi connectivity index (χ2n) is 4.04. The van der Waals surface area contributed by atoms with E-state index in [0.717, 1.165) is 5.75 Å². The van der Waals surface area contributed by atoms with Crippen molar-refractivity contribution in [1.29, 1.82) is 0 Å². The summed E-state index contributed by atoms with van der Waals surface area (Å²) >= 11 is 1.77. The van der Waals surface area contributed by atoms with Crippen LogP contribution in [0.3, 0.4) is 0 Å². The van der Waals surface area contributed by atoms with E-state index in [1.54, 1.807) is 11.4 Å². The van der Waals surface area contributed by atoms with Crippen molar-refractivity contribution in [2.75, 3.05) is 6.54 Å². The molecule has 4 heteroatoms. The van der Waals surface area contributed by atoms with Gasteiger partial charge in [0.05, 0.1) is 4.90 Å². The first-order valence-corrected chi connectivity index (χ1v) is 7.02. The molecule has 0 saturated heterocycles. The Morgan fingerprint density at radius 1 is 1.50 bits per heavy atom. The molecular weight excluding hydrogens is 213 g/mol. The zero-order valence-electron chi connectivity index (χ0n) is 8.33. The van der Waals surface area contributed by atoms with E-state index in [9.17, 15) is 0 Å². The van der Waals surface area contributed by atoms with E-state index in [2.05, 4.69) is 32.0 Å². The van der Waals surface area contributed by atoms with Crippen LogP contribution in [-0.4, -0.2) is 6.54 Å². The van der Waals surface area contributed by atoms with Crippen LogP contribution in [0, 0.1) is 0 Å². The highest BCUT2D eigenvalue weighted by Gasteiger charge is 2.21. The van der Waals surface area contributed by atoms with Crippen molar-refractivity contribution in [3.05, 3.63) is 23.8 Å². The van der Waals surface area contributed by atoms with Crippen LogP contribution in [-0.2, 0) is 5.41 Å². The normalized spacial score (nSPS) is 16.8. The highest BCUT2D eigenvalue weighted by molar-refractivity contribution is 8.48. The average Bonchev–Trinajstić information content (AvgIpc) is 2.64. The van der Waals surface area contributed by atoms with Gasteiger partial charge >= 0.3 is 0 Å². The van der Waals surface area contributed by atoms with Gasteiger partial charge in [0, 0.05) is 12.0 Å². The quantitative estimate of drug-likeness (QED) is 0.789. The fourth-order valence-electron chi connectivity index (χ4n) is 1.32. The van der Waals surface area contributed by atoms with Gasteiger partial charge in [0.25, 0.3) is 0 Å². The highest BCUT2D eigenvalue weighted by atomic mass is 32.7. The molecule has 0 aliphatic carbocycles. The third kappa shape index (κ3) is 1.77. The molecule has 0 amide bonds. The molecule has 0 saturated carbocycles. The summed E-state index contributed by atoms with van der Waals surface area (Å²) in [6, 6.07) is 6.37. The molecule has 2 N–H and O–H groups in total. The number of hydrogen-bond donors (Lipinski definition) is 1. The molecule has 1 aliphatic rings. The summed E-state index contributed by atoms with van der Waals surface area (Å²) in [5.74, 6) is 1.02. The molecule has 0 fully saturated rings. The molecule has 0 aromatic heterocycles. The second kappa shape index (κ2) is 3.73. The van der Waals surface area contributed by atoms with Crippen LogP contribution in [0.2, 0.25) is 0 Å². The van der Waals surface area contributed by atoms with E-state index in [1.807, 2.05) is 0 Å². The number of hydrogen-bond acceptors (Lipinski definition) is 3. The summed E-state index contributed by atoms with van der Waals surface area (Å²) in [6.45, 7) is 4.99. The Labute approximate surface area is 90.2 Å². The van der Waals surface area contributed by atoms with Crippen molar-refractivity contribution in [2.24, 2.45) is 5.73 Å². The lowest BCUT2D eigenvalue weighted by Crippen LogP contribution is -2.27. The van der Waals surface area contributed by atoms with Crippen LogP contribution < -0.4 is 10.3 Å². The van der Waals surface area contributed by atoms with E-state index in [1.165, 1.54) is 10.5 Å². The summed E-state index contributed by atoms with van der Waals surface area (Å²) in [7, 11) is 0.512. The third-order valence-electron chi connectivity index (χ3n) is 2.54. The van der Waals surface area contributed by atoms with Gasteiger partial charge in [-0.1, -0.05) is 31.3 Å². The Balaban J connectivity index is 2.38. The maximum absolute atomic E-state index is 5.75. The topological polar surface area (TPSA) is 35.2 Å². The molecule has 1 unspecified atom stereocenters. The molecule has 1 aromatic carbocycles. The predicted molar refractivity (Wildman–Crippen MR) is 63.3 cm³/mol. The number of fused-ring (bicyclic) bond motifs is 1. The third-order valence-corrected chi connectivity index (χ3v) is 4.62. The Bertz CT molecular complexity index is 354. The number of benzene rings is 1. The van der Waals surface area contributed by atoms with E-state index in [0.29, 0.717) is 14.6 Å². The lowest BCUT2D eigenvalue weighted by molar-refractivity contribution is 0.535. The molecular formula is C10H14NOPS. The zero-order valence-corrected chi connectivity index (χ0v) is 10.1. The van der Waals surface area contributed by atoms with Gasteiger partial charge in [0.2, 0.25) is 0 Å². The minimum Gasteiger partial charge on any atom is -0.465 e. The maximum Gasteiger partial charge on any atom is 0.139 e. The Kier molecular flexibility index (Phi) is 2.74. The summed E-state index contributed by atoms with van der Waals surface area (Å²) in [5.41, 5.74) is 7.10. The Morgan fingerprint density at radius 3 is 3.00 bits per heavy atom. The number of rotatable bonds is 2. The fourth-order valence-corrected chi connectivity index (χ4v) is 3.33. The largest absolute Gasteiger partial charge is 0.465 e. The summed E-state index contributed by atoms with van der Waals surface area (Å²) < 4.78 is 5.46. The van der Waals surface area contributed by atoms with Gasteiger partial charge in [0.15, 0.2) is 0 Å². The summed E-state index contributed by atoms with van der Waals surface area (Å²) in [6.07, 6.45) is 0. The van der Waals surface area contributed by atoms with Crippen LogP contribution in [0.4, 0.5) is 0 Å². The minimum atomic E-state index is 0.0568. The van der Waals surface area contributed by atoms with Crippen LogP contribution in [0.25, 0.3) is 0 Å². The van der Waals surface area contributed by atoms with Crippen molar-refractivity contribution < 1.29 is 4.52 Å². The van der Waals surface area contributed by atoms with Crippen LogP contribution in [0.1, 0.15) is 19.4 Å². The molecule has 14 heavy (non-hydrogen) atoms. The van der Waals surface area contributed by atoms with Crippen molar-refractivity contribution in [2.45, 2.75) is 24.2 Å². The van der Waals surface area contributed by atoms with Gasteiger partial charge < -0.3 is 10.3 Å². The smallest absolute Gasteiger partial charge is 0.139 e. The van der Waals surface area contributed by atoms with E-state index in [4.69, 9.17) is 10.3 Å². The molecule has 1 heterocycles. The average molecular weight is 227 g/mol. The lowest BCUT2D eigenvalue weighted by atomic mass is 9.85. The molecule has 0 bridgehead atoms. The monoisotopic (exact) mass is 227 g/mol. The lowest BCUT2D eigenvalue weighted by Gasteiger charge is -2.23. The molecule has 1 aromatic rings. The fraction of sp³-hybridized carbons (Fsp3) is 0.400. The Morgan fingerprint density at radius 2 is 2.29 bits per heavy atom. The standard InChI is InChI=1S/C10H14NOPS/c1-10(2,6-11)7-3-4-8-9(5-7)14-13-12-8/h3-5,13H,6,11H2,1-2H3.